The van der Waals surface area contributed by atoms with Crippen LogP contribution in [0.1, 0.15) is 37.3 Å². The Morgan fingerprint density at radius 3 is 2.68 bits per heavy atom. The van der Waals surface area contributed by atoms with Crippen LogP contribution in [0, 0.1) is 17.8 Å². The highest BCUT2D eigenvalue weighted by Gasteiger charge is 2.53. The van der Waals surface area contributed by atoms with Crippen molar-refractivity contribution in [1.29, 1.82) is 0 Å². The van der Waals surface area contributed by atoms with Gasteiger partial charge in [-0.3, -0.25) is 4.79 Å². The first-order valence-corrected chi connectivity index (χ1v) is 8.74. The van der Waals surface area contributed by atoms with Crippen LogP contribution < -0.4 is 5.32 Å². The van der Waals surface area contributed by atoms with E-state index in [1.165, 1.54) is 11.1 Å². The van der Waals surface area contributed by atoms with Crippen molar-refractivity contribution >= 4 is 5.91 Å². The number of carbonyl (C=O) groups excluding carboxylic acids is 1. The number of rotatable bonds is 4. The fourth-order valence-corrected chi connectivity index (χ4v) is 4.83. The third kappa shape index (κ3) is 2.36. The summed E-state index contributed by atoms with van der Waals surface area (Å²) in [6.07, 6.45) is 5.40. The first-order valence-electron chi connectivity index (χ1n) is 8.74. The van der Waals surface area contributed by atoms with E-state index in [1.54, 1.807) is 0 Å². The van der Waals surface area contributed by atoms with Gasteiger partial charge in [0.1, 0.15) is 0 Å². The molecule has 0 bridgehead atoms. The number of hydrogen-bond donors (Lipinski definition) is 1. The zero-order valence-electron chi connectivity index (χ0n) is 13.3. The average Bonchev–Trinajstić information content (AvgIpc) is 3.09. The molecule has 1 amide bonds. The number of carbonyl (C=O) groups is 1. The van der Waals surface area contributed by atoms with Crippen molar-refractivity contribution in [3.05, 3.63) is 35.4 Å². The zero-order chi connectivity index (χ0) is 15.1. The SMILES string of the molecule is CC[C@@H]1[C@@H](NC(=O)CC2Cc3ccccc3C2)[C@@H]2CCO[C@H]12. The molecule has 4 atom stereocenters. The summed E-state index contributed by atoms with van der Waals surface area (Å²) in [6.45, 7) is 3.07. The van der Waals surface area contributed by atoms with E-state index in [-0.39, 0.29) is 5.91 Å². The predicted octanol–water partition coefficient (Wildman–Crippen LogP) is 2.72. The number of ether oxygens (including phenoxy) is 1. The van der Waals surface area contributed by atoms with Gasteiger partial charge in [0, 0.05) is 30.9 Å². The van der Waals surface area contributed by atoms with Crippen molar-refractivity contribution in [3.63, 3.8) is 0 Å². The molecule has 2 fully saturated rings. The van der Waals surface area contributed by atoms with Gasteiger partial charge >= 0.3 is 0 Å². The highest BCUT2D eigenvalue weighted by Crippen LogP contribution is 2.45. The van der Waals surface area contributed by atoms with Crippen molar-refractivity contribution in [3.8, 4) is 0 Å². The minimum atomic E-state index is 0.242. The molecule has 118 valence electrons. The third-order valence-corrected chi connectivity index (χ3v) is 5.94. The standard InChI is InChI=1S/C19H25NO2/c1-2-15-18(16-7-8-22-19(15)16)20-17(21)11-12-9-13-5-3-4-6-14(13)10-12/h3-6,12,15-16,18-19H,2,7-11H2,1H3,(H,20,21)/t15-,16+,18-,19-/m1/s1. The van der Waals surface area contributed by atoms with Gasteiger partial charge in [0.25, 0.3) is 0 Å². The van der Waals surface area contributed by atoms with Crippen LogP contribution in [-0.4, -0.2) is 24.7 Å². The van der Waals surface area contributed by atoms with Crippen LogP contribution in [0.2, 0.25) is 0 Å². The van der Waals surface area contributed by atoms with E-state index in [9.17, 15) is 4.79 Å². The Morgan fingerprint density at radius 1 is 1.27 bits per heavy atom. The lowest BCUT2D eigenvalue weighted by Gasteiger charge is -2.47. The van der Waals surface area contributed by atoms with Crippen LogP contribution in [0.4, 0.5) is 0 Å². The molecule has 1 heterocycles. The number of benzene rings is 1. The molecule has 0 aromatic heterocycles. The lowest BCUT2D eigenvalue weighted by molar-refractivity contribution is -0.128. The van der Waals surface area contributed by atoms with Gasteiger partial charge in [0.15, 0.2) is 0 Å². The van der Waals surface area contributed by atoms with E-state index >= 15 is 0 Å². The zero-order valence-corrected chi connectivity index (χ0v) is 13.3. The molecule has 22 heavy (non-hydrogen) atoms. The normalized spacial score (nSPS) is 33.1. The molecule has 3 nitrogen and oxygen atoms in total. The molecule has 3 aliphatic rings. The maximum Gasteiger partial charge on any atom is 0.220 e. The minimum Gasteiger partial charge on any atom is -0.377 e. The van der Waals surface area contributed by atoms with E-state index in [4.69, 9.17) is 4.74 Å². The van der Waals surface area contributed by atoms with Crippen molar-refractivity contribution in [2.75, 3.05) is 6.61 Å². The molecule has 2 aliphatic carbocycles. The minimum absolute atomic E-state index is 0.242. The lowest BCUT2D eigenvalue weighted by Crippen LogP contribution is -2.61. The number of hydrogen-bond acceptors (Lipinski definition) is 2. The van der Waals surface area contributed by atoms with Gasteiger partial charge in [-0.05, 0) is 42.7 Å². The average molecular weight is 299 g/mol. The van der Waals surface area contributed by atoms with E-state index < -0.39 is 0 Å². The van der Waals surface area contributed by atoms with Gasteiger partial charge < -0.3 is 10.1 Å². The Bertz CT molecular complexity index is 545. The van der Waals surface area contributed by atoms with E-state index in [1.807, 2.05) is 0 Å². The summed E-state index contributed by atoms with van der Waals surface area (Å²) >= 11 is 0. The van der Waals surface area contributed by atoms with E-state index in [0.717, 1.165) is 32.3 Å². The molecular weight excluding hydrogens is 274 g/mol. The van der Waals surface area contributed by atoms with Crippen LogP contribution in [0.5, 0.6) is 0 Å². The first-order chi connectivity index (χ1) is 10.8. The summed E-state index contributed by atoms with van der Waals surface area (Å²) in [4.78, 5) is 12.5. The molecule has 1 N–H and O–H groups in total. The van der Waals surface area contributed by atoms with Crippen LogP contribution >= 0.6 is 0 Å². The molecule has 3 heteroatoms. The molecule has 1 saturated carbocycles. The summed E-state index contributed by atoms with van der Waals surface area (Å²) in [7, 11) is 0. The highest BCUT2D eigenvalue weighted by atomic mass is 16.5. The molecule has 1 aromatic carbocycles. The van der Waals surface area contributed by atoms with Gasteiger partial charge in [-0.15, -0.1) is 0 Å². The molecular formula is C19H25NO2. The molecule has 1 saturated heterocycles. The molecule has 0 spiro atoms. The van der Waals surface area contributed by atoms with Gasteiger partial charge in [-0.2, -0.15) is 0 Å². The fourth-order valence-electron chi connectivity index (χ4n) is 4.83. The van der Waals surface area contributed by atoms with Crippen molar-refractivity contribution in [2.24, 2.45) is 17.8 Å². The Labute approximate surface area is 132 Å². The summed E-state index contributed by atoms with van der Waals surface area (Å²) in [5.74, 6) is 1.81. The maximum atomic E-state index is 12.5. The molecule has 0 radical (unpaired) electrons. The van der Waals surface area contributed by atoms with Gasteiger partial charge in [0.05, 0.1) is 6.10 Å². The van der Waals surface area contributed by atoms with Crippen LogP contribution in [-0.2, 0) is 22.4 Å². The Hall–Kier alpha value is -1.35. The van der Waals surface area contributed by atoms with Gasteiger partial charge in [0.2, 0.25) is 5.91 Å². The smallest absolute Gasteiger partial charge is 0.220 e. The predicted molar refractivity (Wildman–Crippen MR) is 85.5 cm³/mol. The van der Waals surface area contributed by atoms with Crippen LogP contribution in [0.25, 0.3) is 0 Å². The second kappa shape index (κ2) is 5.69. The van der Waals surface area contributed by atoms with Crippen molar-refractivity contribution < 1.29 is 9.53 Å². The second-order valence-electron chi connectivity index (χ2n) is 7.20. The number of nitrogens with one attached hydrogen (secondary N) is 1. The Balaban J connectivity index is 1.32. The van der Waals surface area contributed by atoms with E-state index in [0.29, 0.717) is 36.3 Å². The molecule has 1 aromatic rings. The van der Waals surface area contributed by atoms with Crippen molar-refractivity contribution in [2.45, 2.75) is 51.2 Å². The molecule has 0 unspecified atom stereocenters. The highest BCUT2D eigenvalue weighted by molar-refractivity contribution is 5.77. The topological polar surface area (TPSA) is 38.3 Å². The largest absolute Gasteiger partial charge is 0.377 e. The summed E-state index contributed by atoms with van der Waals surface area (Å²) in [5.41, 5.74) is 2.86. The second-order valence-corrected chi connectivity index (χ2v) is 7.20. The first kappa shape index (κ1) is 14.3. The Morgan fingerprint density at radius 2 is 2.00 bits per heavy atom. The van der Waals surface area contributed by atoms with Gasteiger partial charge in [-0.1, -0.05) is 31.2 Å². The summed E-state index contributed by atoms with van der Waals surface area (Å²) in [5, 5.41) is 3.32. The maximum absolute atomic E-state index is 12.5. The van der Waals surface area contributed by atoms with Crippen LogP contribution in [0.15, 0.2) is 24.3 Å². The van der Waals surface area contributed by atoms with E-state index in [2.05, 4.69) is 36.5 Å². The van der Waals surface area contributed by atoms with Gasteiger partial charge in [-0.25, -0.2) is 0 Å². The monoisotopic (exact) mass is 299 g/mol. The summed E-state index contributed by atoms with van der Waals surface area (Å²) in [6, 6.07) is 8.96. The number of amides is 1. The number of fused-ring (bicyclic) bond motifs is 2. The molecule has 4 rings (SSSR count). The third-order valence-electron chi connectivity index (χ3n) is 5.94. The quantitative estimate of drug-likeness (QED) is 0.928. The lowest BCUT2D eigenvalue weighted by atomic mass is 9.65. The summed E-state index contributed by atoms with van der Waals surface area (Å²) < 4.78 is 5.79. The molecule has 1 aliphatic heterocycles. The van der Waals surface area contributed by atoms with Crippen molar-refractivity contribution in [1.82, 2.24) is 5.32 Å². The Kier molecular flexibility index (Phi) is 3.69. The fraction of sp³-hybridized carbons (Fsp3) is 0.632. The van der Waals surface area contributed by atoms with Crippen LogP contribution in [0.3, 0.4) is 0 Å².